The van der Waals surface area contributed by atoms with Crippen molar-refractivity contribution >= 4 is 17.8 Å². The maximum Gasteiger partial charge on any atom is 0.231 e. The lowest BCUT2D eigenvalue weighted by Gasteiger charge is -2.33. The average Bonchev–Trinajstić information content (AvgIpc) is 3.84. The lowest BCUT2D eigenvalue weighted by atomic mass is 9.90. The molecule has 0 amide bonds. The van der Waals surface area contributed by atoms with Gasteiger partial charge in [0, 0.05) is 43.7 Å². The van der Waals surface area contributed by atoms with Gasteiger partial charge in [-0.1, -0.05) is 60.7 Å². The predicted molar refractivity (Wildman–Crippen MR) is 141 cm³/mol. The summed E-state index contributed by atoms with van der Waals surface area (Å²) >= 11 is 0. The molecule has 0 unspecified atom stereocenters. The van der Waals surface area contributed by atoms with Gasteiger partial charge in [0.1, 0.15) is 0 Å². The molecule has 2 aliphatic carbocycles. The zero-order chi connectivity index (χ0) is 23.5. The molecule has 1 aliphatic heterocycles. The van der Waals surface area contributed by atoms with Crippen LogP contribution in [0, 0.1) is 0 Å². The largest absolute Gasteiger partial charge is 0.351 e. The monoisotopic (exact) mass is 469 g/mol. The number of nitrogens with one attached hydrogen (secondary N) is 3. The molecule has 0 spiro atoms. The zero-order valence-corrected chi connectivity index (χ0v) is 20.2. The van der Waals surface area contributed by atoms with E-state index in [1.54, 1.807) is 0 Å². The van der Waals surface area contributed by atoms with E-state index in [0.29, 0.717) is 24.0 Å². The zero-order valence-electron chi connectivity index (χ0n) is 20.2. The van der Waals surface area contributed by atoms with E-state index in [1.165, 1.54) is 36.8 Å². The van der Waals surface area contributed by atoms with Gasteiger partial charge in [-0.15, -0.1) is 0 Å². The highest BCUT2D eigenvalue weighted by atomic mass is 15.3. The van der Waals surface area contributed by atoms with Crippen molar-refractivity contribution in [1.82, 2.24) is 20.3 Å². The molecule has 2 saturated carbocycles. The van der Waals surface area contributed by atoms with Crippen molar-refractivity contribution in [2.75, 3.05) is 35.2 Å². The molecular weight excluding hydrogens is 434 g/mol. The van der Waals surface area contributed by atoms with Gasteiger partial charge < -0.3 is 20.9 Å². The van der Waals surface area contributed by atoms with E-state index in [0.717, 1.165) is 50.3 Å². The first-order valence-corrected chi connectivity index (χ1v) is 13.2. The number of rotatable bonds is 10. The first-order chi connectivity index (χ1) is 17.3. The minimum absolute atomic E-state index is 0.353. The molecule has 7 nitrogen and oxygen atoms in total. The summed E-state index contributed by atoms with van der Waals surface area (Å²) in [5, 5.41) is 10.8. The molecule has 0 radical (unpaired) electrons. The van der Waals surface area contributed by atoms with Crippen molar-refractivity contribution in [3.63, 3.8) is 0 Å². The van der Waals surface area contributed by atoms with Gasteiger partial charge >= 0.3 is 0 Å². The van der Waals surface area contributed by atoms with E-state index in [2.05, 4.69) is 86.5 Å². The van der Waals surface area contributed by atoms with E-state index in [9.17, 15) is 0 Å². The molecule has 3 fully saturated rings. The molecule has 35 heavy (non-hydrogen) atoms. The minimum atomic E-state index is 0.353. The van der Waals surface area contributed by atoms with Crippen LogP contribution in [-0.4, -0.2) is 52.7 Å². The quantitative estimate of drug-likeness (QED) is 0.406. The third-order valence-corrected chi connectivity index (χ3v) is 7.24. The number of piperidine rings is 1. The minimum Gasteiger partial charge on any atom is -0.351 e. The van der Waals surface area contributed by atoms with Crippen molar-refractivity contribution in [3.05, 3.63) is 71.8 Å². The lowest BCUT2D eigenvalue weighted by Crippen LogP contribution is -2.44. The Kier molecular flexibility index (Phi) is 6.49. The molecule has 3 N–H and O–H groups in total. The molecule has 3 aromatic rings. The highest BCUT2D eigenvalue weighted by molar-refractivity contribution is 5.46. The number of aromatic nitrogens is 3. The van der Waals surface area contributed by atoms with Crippen LogP contribution in [0.25, 0.3) is 0 Å². The average molecular weight is 470 g/mol. The molecular formula is C28H35N7. The van der Waals surface area contributed by atoms with E-state index in [-0.39, 0.29) is 0 Å². The van der Waals surface area contributed by atoms with Crippen LogP contribution in [0.5, 0.6) is 0 Å². The lowest BCUT2D eigenvalue weighted by molar-refractivity contribution is 0.407. The number of nitrogens with zero attached hydrogens (tertiary/aromatic N) is 4. The number of hydrogen-bond acceptors (Lipinski definition) is 7. The number of anilines is 3. The molecule has 0 bridgehead atoms. The van der Waals surface area contributed by atoms with Gasteiger partial charge in [-0.05, 0) is 49.7 Å². The van der Waals surface area contributed by atoms with E-state index >= 15 is 0 Å². The van der Waals surface area contributed by atoms with Crippen molar-refractivity contribution in [1.29, 1.82) is 0 Å². The van der Waals surface area contributed by atoms with Crippen molar-refractivity contribution in [2.24, 2.45) is 0 Å². The first kappa shape index (κ1) is 22.3. The molecule has 0 atom stereocenters. The topological polar surface area (TPSA) is 78.0 Å². The van der Waals surface area contributed by atoms with Crippen LogP contribution in [0.1, 0.15) is 55.6 Å². The van der Waals surface area contributed by atoms with Gasteiger partial charge in [0.05, 0.1) is 0 Å². The first-order valence-electron chi connectivity index (χ1n) is 13.2. The van der Waals surface area contributed by atoms with Crippen LogP contribution < -0.4 is 20.9 Å². The summed E-state index contributed by atoms with van der Waals surface area (Å²) < 4.78 is 0. The summed E-state index contributed by atoms with van der Waals surface area (Å²) in [5.41, 5.74) is 2.72. The SMILES string of the molecule is c1ccc(C(CNC2CCN(c3nc(NC4CC4)nc(NC4CC4)n3)CC2)c2ccccc2)cc1. The molecule has 3 aliphatic rings. The fourth-order valence-corrected chi connectivity index (χ4v) is 4.82. The van der Waals surface area contributed by atoms with Crippen LogP contribution in [0.15, 0.2) is 60.7 Å². The van der Waals surface area contributed by atoms with Crippen LogP contribution in [0.3, 0.4) is 0 Å². The molecule has 2 heterocycles. The summed E-state index contributed by atoms with van der Waals surface area (Å²) in [6.45, 7) is 2.85. The molecule has 1 aromatic heterocycles. The number of hydrogen-bond donors (Lipinski definition) is 3. The fourth-order valence-electron chi connectivity index (χ4n) is 4.82. The maximum atomic E-state index is 4.78. The summed E-state index contributed by atoms with van der Waals surface area (Å²) in [5.74, 6) is 2.59. The highest BCUT2D eigenvalue weighted by Gasteiger charge is 2.27. The standard InChI is InChI=1S/C28H35N7/c1-3-7-20(8-4-1)25(21-9-5-2-6-10-21)19-29-22-15-17-35(18-16-22)28-33-26(30-23-11-12-23)32-27(34-28)31-24-13-14-24/h1-10,22-25,29H,11-19H2,(H2,30,31,32,33,34). The Hall–Kier alpha value is -3.19. The van der Waals surface area contributed by atoms with Gasteiger partial charge in [0.25, 0.3) is 0 Å². The molecule has 6 rings (SSSR count). The Balaban J connectivity index is 1.09. The second kappa shape index (κ2) is 10.2. The fraction of sp³-hybridized carbons (Fsp3) is 0.464. The van der Waals surface area contributed by atoms with Gasteiger partial charge in [0.2, 0.25) is 17.8 Å². The second-order valence-corrected chi connectivity index (χ2v) is 10.2. The third-order valence-electron chi connectivity index (χ3n) is 7.24. The third kappa shape index (κ3) is 5.90. The van der Waals surface area contributed by atoms with Gasteiger partial charge in [-0.3, -0.25) is 0 Å². The Morgan fingerprint density at radius 3 is 1.66 bits per heavy atom. The number of benzene rings is 2. The Labute approximate surface area is 207 Å². The Morgan fingerprint density at radius 1 is 0.657 bits per heavy atom. The van der Waals surface area contributed by atoms with Crippen molar-refractivity contribution < 1.29 is 0 Å². The normalized spacial score (nSPS) is 18.6. The van der Waals surface area contributed by atoms with E-state index < -0.39 is 0 Å². The summed E-state index contributed by atoms with van der Waals surface area (Å²) in [6, 6.07) is 23.2. The Bertz CT molecular complexity index is 1020. The van der Waals surface area contributed by atoms with Crippen LogP contribution in [0.2, 0.25) is 0 Å². The summed E-state index contributed by atoms with van der Waals surface area (Å²) in [6.07, 6.45) is 6.98. The molecule has 182 valence electrons. The van der Waals surface area contributed by atoms with Gasteiger partial charge in [0.15, 0.2) is 0 Å². The van der Waals surface area contributed by atoms with E-state index in [4.69, 9.17) is 9.97 Å². The predicted octanol–water partition coefficient (Wildman–Crippen LogP) is 4.41. The summed E-state index contributed by atoms with van der Waals surface area (Å²) in [4.78, 5) is 16.5. The van der Waals surface area contributed by atoms with E-state index in [1.807, 2.05) is 0 Å². The van der Waals surface area contributed by atoms with Crippen LogP contribution in [0.4, 0.5) is 17.8 Å². The highest BCUT2D eigenvalue weighted by Crippen LogP contribution is 2.28. The molecule has 2 aromatic carbocycles. The molecule has 7 heteroatoms. The van der Waals surface area contributed by atoms with Crippen molar-refractivity contribution in [3.8, 4) is 0 Å². The second-order valence-electron chi connectivity index (χ2n) is 10.2. The van der Waals surface area contributed by atoms with Gasteiger partial charge in [-0.25, -0.2) is 0 Å². The van der Waals surface area contributed by atoms with Gasteiger partial charge in [-0.2, -0.15) is 15.0 Å². The smallest absolute Gasteiger partial charge is 0.231 e. The molecule has 1 saturated heterocycles. The van der Waals surface area contributed by atoms with Crippen LogP contribution in [-0.2, 0) is 0 Å². The Morgan fingerprint density at radius 2 is 1.17 bits per heavy atom. The van der Waals surface area contributed by atoms with Crippen molar-refractivity contribution in [2.45, 2.75) is 62.6 Å². The summed E-state index contributed by atoms with van der Waals surface area (Å²) in [7, 11) is 0. The maximum absolute atomic E-state index is 4.78. The van der Waals surface area contributed by atoms with Crippen LogP contribution >= 0.6 is 0 Å².